The molecule has 0 bridgehead atoms. The number of hydrogen-bond acceptors (Lipinski definition) is 9. The van der Waals surface area contributed by atoms with Crippen molar-refractivity contribution in [3.8, 4) is 11.4 Å². The van der Waals surface area contributed by atoms with Gasteiger partial charge in [-0.2, -0.15) is 10.2 Å². The van der Waals surface area contributed by atoms with E-state index in [1.54, 1.807) is 33.6 Å². The van der Waals surface area contributed by atoms with Crippen molar-refractivity contribution in [3.05, 3.63) is 118 Å². The van der Waals surface area contributed by atoms with Gasteiger partial charge < -0.3 is 38.1 Å². The number of aromatic nitrogens is 4. The first-order chi connectivity index (χ1) is 30.5. The average molecular weight is 856 g/mol. The topological polar surface area (TPSA) is 221 Å². The van der Waals surface area contributed by atoms with Gasteiger partial charge in [0.25, 0.3) is 23.6 Å². The molecule has 1 saturated heterocycles. The molecular formula is C48H61N11O4. The number of aryl methyl sites for hydroxylation is 2. The monoisotopic (exact) mass is 855 g/mol. The number of rotatable bonds is 10. The highest BCUT2D eigenvalue weighted by Gasteiger charge is 2.27. The number of benzene rings is 3. The molecule has 63 heavy (non-hydrogen) atoms. The molecule has 15 nitrogen and oxygen atoms in total. The van der Waals surface area contributed by atoms with Crippen LogP contribution >= 0.6 is 0 Å². The summed E-state index contributed by atoms with van der Waals surface area (Å²) in [6, 6.07) is 21.7. The van der Waals surface area contributed by atoms with Gasteiger partial charge in [0, 0.05) is 48.9 Å². The van der Waals surface area contributed by atoms with E-state index in [1.165, 1.54) is 24.4 Å². The van der Waals surface area contributed by atoms with Crippen molar-refractivity contribution in [3.63, 3.8) is 0 Å². The van der Waals surface area contributed by atoms with Crippen molar-refractivity contribution in [1.29, 1.82) is 0 Å². The van der Waals surface area contributed by atoms with E-state index in [0.717, 1.165) is 94.8 Å². The van der Waals surface area contributed by atoms with Crippen LogP contribution in [0.3, 0.4) is 0 Å². The number of nitrogens with one attached hydrogen (secondary N) is 3. The Morgan fingerprint density at radius 1 is 0.587 bits per heavy atom. The molecule has 4 aliphatic rings. The molecule has 2 aromatic heterocycles. The molecule has 3 aliphatic carbocycles. The fraction of sp³-hybridized carbons (Fsp3) is 0.417. The van der Waals surface area contributed by atoms with E-state index >= 15 is 0 Å². The number of nitrogen functional groups attached to an aromatic ring is 2. The summed E-state index contributed by atoms with van der Waals surface area (Å²) in [4.78, 5) is 52.0. The zero-order chi connectivity index (χ0) is 44.5. The molecule has 4 fully saturated rings. The predicted molar refractivity (Wildman–Crippen MR) is 245 cm³/mol. The van der Waals surface area contributed by atoms with Crippen LogP contribution in [-0.2, 0) is 6.54 Å². The second kappa shape index (κ2) is 20.6. The molecular weight excluding hydrogens is 795 g/mol. The summed E-state index contributed by atoms with van der Waals surface area (Å²) in [6.07, 6.45) is 15.9. The average Bonchev–Trinajstić information content (AvgIpc) is 4.24. The molecule has 3 saturated carbocycles. The third-order valence-corrected chi connectivity index (χ3v) is 12.0. The largest absolute Gasteiger partial charge is 0.383 e. The summed E-state index contributed by atoms with van der Waals surface area (Å²) >= 11 is 0. The molecule has 0 spiro atoms. The van der Waals surface area contributed by atoms with Gasteiger partial charge in [-0.05, 0) is 113 Å². The van der Waals surface area contributed by atoms with Crippen molar-refractivity contribution in [2.45, 2.75) is 116 Å². The van der Waals surface area contributed by atoms with E-state index in [1.807, 2.05) is 61.2 Å². The van der Waals surface area contributed by atoms with Crippen LogP contribution in [-0.4, -0.2) is 79.3 Å². The van der Waals surface area contributed by atoms with Crippen LogP contribution in [0, 0.1) is 13.8 Å². The lowest BCUT2D eigenvalue weighted by molar-refractivity contribution is 0.0724. The van der Waals surface area contributed by atoms with Gasteiger partial charge >= 0.3 is 0 Å². The van der Waals surface area contributed by atoms with Crippen LogP contribution < -0.4 is 33.2 Å². The number of nitrogens with zero attached hydrogens (tertiary/aromatic N) is 5. The van der Waals surface area contributed by atoms with Crippen LogP contribution in [0.25, 0.3) is 11.4 Å². The van der Waals surface area contributed by atoms with Crippen LogP contribution in [0.4, 0.5) is 11.6 Å². The van der Waals surface area contributed by atoms with E-state index in [-0.39, 0.29) is 35.5 Å². The van der Waals surface area contributed by atoms with E-state index in [2.05, 4.69) is 26.1 Å². The molecule has 0 unspecified atom stereocenters. The SMILES string of the molecule is Cc1ccc(C(=O)NC2CC2)cc1-n1ncc(C(=O)N2CCCCC2)c1N.Cc1ccc(C(=O)NC2CC2)cc1-n1ncc(C(=O)NC2CCCCC2)c1N.NCc1ccccc1. The van der Waals surface area contributed by atoms with Crippen LogP contribution in [0.2, 0.25) is 0 Å². The molecule has 3 aromatic carbocycles. The maximum Gasteiger partial charge on any atom is 0.259 e. The summed E-state index contributed by atoms with van der Waals surface area (Å²) in [7, 11) is 0. The Kier molecular flexibility index (Phi) is 14.6. The Labute approximate surface area is 369 Å². The molecule has 5 aromatic rings. The molecule has 332 valence electrons. The number of piperidine rings is 1. The van der Waals surface area contributed by atoms with Crippen LogP contribution in [0.1, 0.15) is 135 Å². The van der Waals surface area contributed by atoms with Crippen LogP contribution in [0.15, 0.2) is 79.1 Å². The van der Waals surface area contributed by atoms with Crippen molar-refractivity contribution >= 4 is 35.3 Å². The van der Waals surface area contributed by atoms with Gasteiger partial charge in [0.1, 0.15) is 22.8 Å². The Bertz CT molecular complexity index is 2390. The molecule has 9 rings (SSSR count). The quantitative estimate of drug-likeness (QED) is 0.0948. The van der Waals surface area contributed by atoms with Crippen LogP contribution in [0.5, 0.6) is 0 Å². The smallest absolute Gasteiger partial charge is 0.259 e. The Balaban J connectivity index is 0.000000161. The second-order valence-corrected chi connectivity index (χ2v) is 17.1. The zero-order valence-corrected chi connectivity index (χ0v) is 36.4. The number of amides is 4. The highest BCUT2D eigenvalue weighted by Crippen LogP contribution is 2.27. The molecule has 0 atom stereocenters. The molecule has 9 N–H and O–H groups in total. The van der Waals surface area contributed by atoms with E-state index in [4.69, 9.17) is 17.2 Å². The minimum absolute atomic E-state index is 0.0706. The maximum atomic E-state index is 12.8. The third kappa shape index (κ3) is 11.5. The number of hydrogen-bond donors (Lipinski definition) is 6. The standard InChI is InChI=1S/C21H27N5O2.C20H25N5O2.C7H9N/c1-13-7-8-14(20(27)24-16-9-10-16)11-18(13)26-19(22)17(12-23-26)21(28)25-15-5-3-2-4-6-15;1-13-5-6-14(19(26)23-15-7-8-15)11-17(13)25-18(21)16(12-22-25)20(27)24-9-3-2-4-10-24;8-6-7-4-2-1-3-5-7/h7-8,11-12,15-16H,2-6,9-10,22H2,1H3,(H,24,27)(H,25,28);5-6,11-12,15H,2-4,7-10,21H2,1H3,(H,23,26);1-5H,6,8H2. The van der Waals surface area contributed by atoms with Gasteiger partial charge in [-0.25, -0.2) is 9.36 Å². The van der Waals surface area contributed by atoms with Crippen molar-refractivity contribution in [2.24, 2.45) is 5.73 Å². The minimum atomic E-state index is -0.184. The first kappa shape index (κ1) is 44.6. The van der Waals surface area contributed by atoms with Crippen molar-refractivity contribution in [1.82, 2.24) is 40.4 Å². The number of anilines is 2. The first-order valence-corrected chi connectivity index (χ1v) is 22.4. The summed E-state index contributed by atoms with van der Waals surface area (Å²) in [5, 5.41) is 17.7. The predicted octanol–water partition coefficient (Wildman–Crippen LogP) is 6.14. The zero-order valence-electron chi connectivity index (χ0n) is 36.4. The van der Waals surface area contributed by atoms with Crippen molar-refractivity contribution in [2.75, 3.05) is 24.6 Å². The van der Waals surface area contributed by atoms with Gasteiger partial charge in [0.2, 0.25) is 0 Å². The molecule has 15 heteroatoms. The van der Waals surface area contributed by atoms with Gasteiger partial charge in [0.15, 0.2) is 0 Å². The number of nitrogens with two attached hydrogens (primary N) is 3. The second-order valence-electron chi connectivity index (χ2n) is 17.1. The summed E-state index contributed by atoms with van der Waals surface area (Å²) < 4.78 is 3.10. The summed E-state index contributed by atoms with van der Waals surface area (Å²) in [6.45, 7) is 6.03. The highest BCUT2D eigenvalue weighted by molar-refractivity contribution is 6.00. The number of carbonyl (C=O) groups is 4. The van der Waals surface area contributed by atoms with Gasteiger partial charge in [-0.1, -0.05) is 61.7 Å². The first-order valence-electron chi connectivity index (χ1n) is 22.4. The normalized spacial score (nSPS) is 16.1. The fourth-order valence-electron chi connectivity index (χ4n) is 7.78. The number of carbonyl (C=O) groups excluding carboxylic acids is 4. The molecule has 3 heterocycles. The molecule has 1 aliphatic heterocycles. The summed E-state index contributed by atoms with van der Waals surface area (Å²) in [5.74, 6) is 0.165. The highest BCUT2D eigenvalue weighted by atomic mass is 16.2. The Morgan fingerprint density at radius 3 is 1.54 bits per heavy atom. The lowest BCUT2D eigenvalue weighted by Crippen LogP contribution is -2.36. The Hall–Kier alpha value is -6.48. The fourth-order valence-corrected chi connectivity index (χ4v) is 7.78. The van der Waals surface area contributed by atoms with Gasteiger partial charge in [0.05, 0.1) is 23.8 Å². The van der Waals surface area contributed by atoms with Gasteiger partial charge in [-0.3, -0.25) is 19.2 Å². The number of likely N-dealkylation sites (tertiary alicyclic amines) is 1. The third-order valence-electron chi connectivity index (χ3n) is 12.0. The van der Waals surface area contributed by atoms with Crippen molar-refractivity contribution < 1.29 is 19.2 Å². The lowest BCUT2D eigenvalue weighted by Gasteiger charge is -2.26. The van der Waals surface area contributed by atoms with E-state index in [9.17, 15) is 19.2 Å². The van der Waals surface area contributed by atoms with E-state index < -0.39 is 0 Å². The Morgan fingerprint density at radius 2 is 1.05 bits per heavy atom. The summed E-state index contributed by atoms with van der Waals surface area (Å²) in [5.41, 5.74) is 24.3. The van der Waals surface area contributed by atoms with Gasteiger partial charge in [-0.15, -0.1) is 0 Å². The maximum absolute atomic E-state index is 12.8. The molecule has 4 amide bonds. The minimum Gasteiger partial charge on any atom is -0.383 e. The molecule has 0 radical (unpaired) electrons. The lowest BCUT2D eigenvalue weighted by atomic mass is 9.95. The van der Waals surface area contributed by atoms with E-state index in [0.29, 0.717) is 58.1 Å².